The van der Waals surface area contributed by atoms with Crippen LogP contribution in [0.25, 0.3) is 0 Å². The lowest BCUT2D eigenvalue weighted by atomic mass is 10.2. The van der Waals surface area contributed by atoms with Crippen LogP contribution in [0, 0.1) is 0 Å². The van der Waals surface area contributed by atoms with Gasteiger partial charge in [-0.1, -0.05) is 0 Å². The summed E-state index contributed by atoms with van der Waals surface area (Å²) in [6, 6.07) is -0.0596. The summed E-state index contributed by atoms with van der Waals surface area (Å²) in [5.41, 5.74) is 0. The van der Waals surface area contributed by atoms with E-state index in [2.05, 4.69) is 10.2 Å². The van der Waals surface area contributed by atoms with Crippen LogP contribution in [0.4, 0.5) is 0 Å². The molecule has 6 heteroatoms. The molecular weight excluding hydrogens is 210 g/mol. The normalized spacial score (nSPS) is 20.4. The molecule has 1 aromatic rings. The summed E-state index contributed by atoms with van der Waals surface area (Å²) in [6.45, 7) is 2.63. The van der Waals surface area contributed by atoms with Gasteiger partial charge >= 0.3 is 0 Å². The lowest BCUT2D eigenvalue weighted by molar-refractivity contribution is -0.130. The zero-order chi connectivity index (χ0) is 11.5. The van der Waals surface area contributed by atoms with E-state index in [4.69, 9.17) is 9.15 Å². The minimum Gasteiger partial charge on any atom is -0.420 e. The van der Waals surface area contributed by atoms with Crippen LogP contribution in [0.15, 0.2) is 4.42 Å². The van der Waals surface area contributed by atoms with Gasteiger partial charge in [-0.15, -0.1) is 10.2 Å². The Hall–Kier alpha value is -1.43. The number of hydrogen-bond acceptors (Lipinski definition) is 5. The zero-order valence-corrected chi connectivity index (χ0v) is 9.47. The highest BCUT2D eigenvalue weighted by Gasteiger charge is 2.31. The smallest absolute Gasteiger partial charge is 0.242 e. The lowest BCUT2D eigenvalue weighted by Gasteiger charge is -2.19. The number of methoxy groups -OCH3 is 1. The van der Waals surface area contributed by atoms with E-state index in [0.717, 1.165) is 19.4 Å². The summed E-state index contributed by atoms with van der Waals surface area (Å²) in [5, 5.41) is 7.82. The Morgan fingerprint density at radius 3 is 3.12 bits per heavy atom. The zero-order valence-electron chi connectivity index (χ0n) is 9.47. The van der Waals surface area contributed by atoms with Crippen molar-refractivity contribution in [2.75, 3.05) is 13.7 Å². The maximum Gasteiger partial charge on any atom is 0.242 e. The molecule has 0 bridgehead atoms. The fraction of sp³-hybridized carbons (Fsp3) is 0.700. The molecule has 1 fully saturated rings. The average molecular weight is 225 g/mol. The molecule has 88 valence electrons. The van der Waals surface area contributed by atoms with Crippen molar-refractivity contribution >= 4 is 5.91 Å². The monoisotopic (exact) mass is 225 g/mol. The minimum absolute atomic E-state index is 0.0500. The number of carbonyl (C=O) groups excluding carboxylic acids is 1. The maximum atomic E-state index is 11.4. The number of rotatable bonds is 3. The Morgan fingerprint density at radius 1 is 1.62 bits per heavy atom. The summed E-state index contributed by atoms with van der Waals surface area (Å²) in [7, 11) is 1.57. The van der Waals surface area contributed by atoms with Crippen molar-refractivity contribution in [2.24, 2.45) is 0 Å². The molecule has 16 heavy (non-hydrogen) atoms. The van der Waals surface area contributed by atoms with Gasteiger partial charge < -0.3 is 14.1 Å². The summed E-state index contributed by atoms with van der Waals surface area (Å²) in [5.74, 6) is 1.02. The molecule has 1 aromatic heterocycles. The fourth-order valence-corrected chi connectivity index (χ4v) is 1.98. The number of carbonyl (C=O) groups is 1. The van der Waals surface area contributed by atoms with E-state index in [9.17, 15) is 4.79 Å². The maximum absolute atomic E-state index is 11.4. The van der Waals surface area contributed by atoms with Crippen LogP contribution in [0.5, 0.6) is 0 Å². The van der Waals surface area contributed by atoms with Crippen molar-refractivity contribution in [3.05, 3.63) is 11.8 Å². The Morgan fingerprint density at radius 2 is 2.44 bits per heavy atom. The third-order valence-electron chi connectivity index (χ3n) is 2.69. The van der Waals surface area contributed by atoms with Crippen molar-refractivity contribution in [3.63, 3.8) is 0 Å². The van der Waals surface area contributed by atoms with Gasteiger partial charge in [0.2, 0.25) is 17.7 Å². The van der Waals surface area contributed by atoms with E-state index in [0.29, 0.717) is 18.4 Å². The predicted molar refractivity (Wildman–Crippen MR) is 54.4 cm³/mol. The number of aromatic nitrogens is 2. The second kappa shape index (κ2) is 4.61. The molecule has 0 saturated carbocycles. The summed E-state index contributed by atoms with van der Waals surface area (Å²) in [4.78, 5) is 13.1. The molecule has 1 saturated heterocycles. The van der Waals surface area contributed by atoms with Gasteiger partial charge in [0.15, 0.2) is 0 Å². The van der Waals surface area contributed by atoms with E-state index in [1.54, 1.807) is 18.9 Å². The largest absolute Gasteiger partial charge is 0.420 e. The molecule has 2 heterocycles. The van der Waals surface area contributed by atoms with Gasteiger partial charge in [0.1, 0.15) is 12.6 Å². The van der Waals surface area contributed by atoms with Gasteiger partial charge in [-0.3, -0.25) is 4.79 Å². The van der Waals surface area contributed by atoms with Gasteiger partial charge in [0.25, 0.3) is 0 Å². The van der Waals surface area contributed by atoms with Crippen molar-refractivity contribution < 1.29 is 13.9 Å². The van der Waals surface area contributed by atoms with Crippen molar-refractivity contribution in [2.45, 2.75) is 32.4 Å². The van der Waals surface area contributed by atoms with Crippen LogP contribution in [-0.4, -0.2) is 34.7 Å². The van der Waals surface area contributed by atoms with E-state index in [1.807, 2.05) is 0 Å². The molecule has 1 amide bonds. The minimum atomic E-state index is -0.0596. The van der Waals surface area contributed by atoms with Gasteiger partial charge in [0, 0.05) is 20.6 Å². The first kappa shape index (κ1) is 11.1. The topological polar surface area (TPSA) is 68.5 Å². The first-order chi connectivity index (χ1) is 7.72. The Balaban J connectivity index is 2.13. The molecule has 0 radical (unpaired) electrons. The molecule has 2 rings (SSSR count). The van der Waals surface area contributed by atoms with Gasteiger partial charge in [0.05, 0.1) is 0 Å². The molecule has 0 aliphatic carbocycles. The van der Waals surface area contributed by atoms with Crippen molar-refractivity contribution in [1.29, 1.82) is 0 Å². The molecule has 1 atom stereocenters. The van der Waals surface area contributed by atoms with Crippen LogP contribution in [0.1, 0.15) is 37.6 Å². The number of likely N-dealkylation sites (tertiary alicyclic amines) is 1. The van der Waals surface area contributed by atoms with Crippen LogP contribution < -0.4 is 0 Å². The van der Waals surface area contributed by atoms with E-state index in [1.165, 1.54) is 0 Å². The molecule has 0 unspecified atom stereocenters. The van der Waals surface area contributed by atoms with E-state index in [-0.39, 0.29) is 11.9 Å². The van der Waals surface area contributed by atoms with Crippen LogP contribution >= 0.6 is 0 Å². The highest BCUT2D eigenvalue weighted by molar-refractivity contribution is 5.73. The average Bonchev–Trinajstić information content (AvgIpc) is 2.83. The van der Waals surface area contributed by atoms with Crippen LogP contribution in [0.3, 0.4) is 0 Å². The first-order valence-corrected chi connectivity index (χ1v) is 5.31. The number of nitrogens with zero attached hydrogens (tertiary/aromatic N) is 3. The molecule has 1 aliphatic heterocycles. The lowest BCUT2D eigenvalue weighted by Crippen LogP contribution is -2.28. The molecule has 0 spiro atoms. The summed E-state index contributed by atoms with van der Waals surface area (Å²) < 4.78 is 10.3. The van der Waals surface area contributed by atoms with Gasteiger partial charge in [-0.2, -0.15) is 0 Å². The number of ether oxygens (including phenoxy) is 1. The standard InChI is InChI=1S/C10H15N3O3/c1-7(14)13-5-3-4-8(13)10-12-11-9(16-10)6-15-2/h8H,3-6H2,1-2H3/t8-/m0/s1. The summed E-state index contributed by atoms with van der Waals surface area (Å²) >= 11 is 0. The quantitative estimate of drug-likeness (QED) is 0.764. The molecule has 6 nitrogen and oxygen atoms in total. The van der Waals surface area contributed by atoms with Crippen LogP contribution in [-0.2, 0) is 16.1 Å². The molecular formula is C10H15N3O3. The highest BCUT2D eigenvalue weighted by Crippen LogP contribution is 2.30. The van der Waals surface area contributed by atoms with E-state index < -0.39 is 0 Å². The predicted octanol–water partition coefficient (Wildman–Crippen LogP) is 0.899. The van der Waals surface area contributed by atoms with E-state index >= 15 is 0 Å². The fourth-order valence-electron chi connectivity index (χ4n) is 1.98. The van der Waals surface area contributed by atoms with Crippen LogP contribution in [0.2, 0.25) is 0 Å². The number of amides is 1. The highest BCUT2D eigenvalue weighted by atomic mass is 16.5. The van der Waals surface area contributed by atoms with Gasteiger partial charge in [-0.05, 0) is 12.8 Å². The number of hydrogen-bond donors (Lipinski definition) is 0. The Bertz CT molecular complexity index is 377. The Labute approximate surface area is 93.6 Å². The third kappa shape index (κ3) is 2.06. The molecule has 1 aliphatic rings. The third-order valence-corrected chi connectivity index (χ3v) is 2.69. The second-order valence-electron chi connectivity index (χ2n) is 3.84. The van der Waals surface area contributed by atoms with Crippen molar-refractivity contribution in [3.8, 4) is 0 Å². The molecule has 0 N–H and O–H groups in total. The van der Waals surface area contributed by atoms with Gasteiger partial charge in [-0.25, -0.2) is 0 Å². The Kier molecular flexibility index (Phi) is 3.19. The SMILES string of the molecule is COCc1nnc([C@@H]2CCCN2C(C)=O)o1. The molecule has 0 aromatic carbocycles. The first-order valence-electron chi connectivity index (χ1n) is 5.31. The second-order valence-corrected chi connectivity index (χ2v) is 3.84. The summed E-state index contributed by atoms with van der Waals surface area (Å²) in [6.07, 6.45) is 1.86. The van der Waals surface area contributed by atoms with Crippen molar-refractivity contribution in [1.82, 2.24) is 15.1 Å².